The van der Waals surface area contributed by atoms with Crippen molar-refractivity contribution in [3.8, 4) is 22.4 Å². The first-order valence-corrected chi connectivity index (χ1v) is 20.3. The van der Waals surface area contributed by atoms with Gasteiger partial charge >= 0.3 is 0 Å². The number of rotatable bonds is 6. The number of thiophene rings is 1. The van der Waals surface area contributed by atoms with Gasteiger partial charge in [0, 0.05) is 58.6 Å². The largest absolute Gasteiger partial charge is 0.344 e. The highest BCUT2D eigenvalue weighted by molar-refractivity contribution is 7.26. The normalized spacial score (nSPS) is 15.4. The van der Waals surface area contributed by atoms with Gasteiger partial charge in [-0.25, -0.2) is 15.0 Å². The minimum atomic E-state index is -0.375. The number of aromatic nitrogens is 1. The van der Waals surface area contributed by atoms with Crippen molar-refractivity contribution in [1.29, 1.82) is 0 Å². The third-order valence-electron chi connectivity index (χ3n) is 11.2. The van der Waals surface area contributed by atoms with Crippen molar-refractivity contribution in [2.75, 3.05) is 0 Å². The highest BCUT2D eigenvalue weighted by Crippen LogP contribution is 2.45. The molecular weight excluding hydrogens is 713 g/mol. The van der Waals surface area contributed by atoms with Crippen molar-refractivity contribution in [3.63, 3.8) is 0 Å². The van der Waals surface area contributed by atoms with E-state index in [4.69, 9.17) is 15.0 Å². The van der Waals surface area contributed by atoms with Crippen LogP contribution < -0.4 is 5.32 Å². The number of para-hydroxylation sites is 1. The Morgan fingerprint density at radius 1 is 0.561 bits per heavy atom. The van der Waals surface area contributed by atoms with E-state index in [1.807, 2.05) is 11.3 Å². The van der Waals surface area contributed by atoms with Crippen molar-refractivity contribution in [2.45, 2.75) is 19.0 Å². The molecule has 2 aliphatic rings. The monoisotopic (exact) mass is 748 g/mol. The fraction of sp³-hybridized carbons (Fsp3) is 0.0577. The Morgan fingerprint density at radius 3 is 2.11 bits per heavy atom. The SMILES string of the molecule is C1=CCCC(c2cccc(C3=NC(c4cccc5sc6c(ccc7c(-c8ccccc8)nc8ccccc8c76)c45)NC(c4cccc(-c5ccccc5)c4)=N3)c2)=C1. The van der Waals surface area contributed by atoms with Gasteiger partial charge in [-0.1, -0.05) is 158 Å². The second kappa shape index (κ2) is 14.0. The molecule has 7 aromatic carbocycles. The van der Waals surface area contributed by atoms with Crippen molar-refractivity contribution < 1.29 is 0 Å². The van der Waals surface area contributed by atoms with Gasteiger partial charge in [0.1, 0.15) is 12.0 Å². The summed E-state index contributed by atoms with van der Waals surface area (Å²) in [6.07, 6.45) is 8.33. The number of fused-ring (bicyclic) bond motifs is 7. The predicted molar refractivity (Wildman–Crippen MR) is 241 cm³/mol. The molecule has 57 heavy (non-hydrogen) atoms. The van der Waals surface area contributed by atoms with E-state index in [9.17, 15) is 0 Å². The minimum absolute atomic E-state index is 0.375. The van der Waals surface area contributed by atoms with Crippen LogP contribution in [0.4, 0.5) is 0 Å². The molecule has 0 saturated carbocycles. The van der Waals surface area contributed by atoms with Crippen molar-refractivity contribution in [1.82, 2.24) is 10.3 Å². The summed E-state index contributed by atoms with van der Waals surface area (Å²) in [5.74, 6) is 1.53. The Kier molecular flexibility index (Phi) is 8.18. The first kappa shape index (κ1) is 33.4. The number of benzene rings is 7. The van der Waals surface area contributed by atoms with Crippen LogP contribution in [0.1, 0.15) is 41.3 Å². The Bertz CT molecular complexity index is 3150. The summed E-state index contributed by atoms with van der Waals surface area (Å²) in [5.41, 5.74) is 11.1. The molecule has 4 nitrogen and oxygen atoms in total. The molecule has 0 bridgehead atoms. The first-order chi connectivity index (χ1) is 28.2. The van der Waals surface area contributed by atoms with Gasteiger partial charge in [-0.2, -0.15) is 0 Å². The van der Waals surface area contributed by atoms with Gasteiger partial charge < -0.3 is 5.32 Å². The standard InChI is InChI=1S/C52H36N4S/c1-4-15-33(16-5-1)36-21-12-23-38(31-36)50-54-51(39-24-13-22-37(32-39)34-17-6-2-7-18-34)56-52(55-50)43-26-14-28-45-46(43)42-30-29-41-47(49(42)57-45)40-25-10-11-27-44(40)53-48(41)35-19-8-3-9-20-35/h1-6,8-17,19-32,52H,7,18H2,(H,54,55,56). The second-order valence-corrected chi connectivity index (χ2v) is 15.7. The highest BCUT2D eigenvalue weighted by atomic mass is 32.1. The summed E-state index contributed by atoms with van der Waals surface area (Å²) >= 11 is 1.85. The number of hydrogen-bond donors (Lipinski definition) is 1. The molecule has 0 amide bonds. The molecule has 270 valence electrons. The van der Waals surface area contributed by atoms with Crippen molar-refractivity contribution in [3.05, 3.63) is 204 Å². The Morgan fingerprint density at radius 2 is 1.26 bits per heavy atom. The van der Waals surface area contributed by atoms with E-state index in [1.165, 1.54) is 42.3 Å². The lowest BCUT2D eigenvalue weighted by Gasteiger charge is -2.25. The molecule has 5 heteroatoms. The molecule has 9 aromatic rings. The first-order valence-electron chi connectivity index (χ1n) is 19.5. The fourth-order valence-corrected chi connectivity index (χ4v) is 9.75. The molecule has 1 atom stereocenters. The van der Waals surface area contributed by atoms with Crippen LogP contribution in [-0.2, 0) is 0 Å². The number of amidine groups is 2. The smallest absolute Gasteiger partial charge is 0.159 e. The molecular formula is C52H36N4S. The molecule has 1 N–H and O–H groups in total. The zero-order chi connectivity index (χ0) is 37.7. The number of nitrogens with zero attached hydrogens (tertiary/aromatic N) is 3. The highest BCUT2D eigenvalue weighted by Gasteiger charge is 2.25. The zero-order valence-corrected chi connectivity index (χ0v) is 31.9. The number of aliphatic imine (C=N–C) groups is 2. The number of pyridine rings is 1. The van der Waals surface area contributed by atoms with Gasteiger partial charge in [-0.05, 0) is 59.4 Å². The number of allylic oxidation sites excluding steroid dienone is 4. The third-order valence-corrected chi connectivity index (χ3v) is 12.4. The summed E-state index contributed by atoms with van der Waals surface area (Å²) < 4.78 is 2.49. The lowest BCUT2D eigenvalue weighted by Crippen LogP contribution is -2.33. The molecule has 1 aliphatic carbocycles. The van der Waals surface area contributed by atoms with Gasteiger partial charge in [-0.3, -0.25) is 0 Å². The summed E-state index contributed by atoms with van der Waals surface area (Å²) in [6, 6.07) is 58.2. The van der Waals surface area contributed by atoms with Gasteiger partial charge in [0.25, 0.3) is 0 Å². The summed E-state index contributed by atoms with van der Waals surface area (Å²) in [6.45, 7) is 0. The lowest BCUT2D eigenvalue weighted by molar-refractivity contribution is 0.680. The van der Waals surface area contributed by atoms with Crippen LogP contribution >= 0.6 is 11.3 Å². The molecule has 0 radical (unpaired) electrons. The Labute approximate surface area is 334 Å². The van der Waals surface area contributed by atoms with Gasteiger partial charge in [-0.15, -0.1) is 11.3 Å². The van der Waals surface area contributed by atoms with Crippen molar-refractivity contribution in [2.24, 2.45) is 9.98 Å². The molecule has 0 saturated heterocycles. The van der Waals surface area contributed by atoms with Crippen LogP contribution in [0.15, 0.2) is 192 Å². The summed E-state index contributed by atoms with van der Waals surface area (Å²) in [5, 5.41) is 9.83. The van der Waals surface area contributed by atoms with Crippen LogP contribution in [-0.4, -0.2) is 16.7 Å². The van der Waals surface area contributed by atoms with Crippen LogP contribution in [0.3, 0.4) is 0 Å². The molecule has 3 heterocycles. The average molecular weight is 749 g/mol. The second-order valence-electron chi connectivity index (χ2n) is 14.7. The zero-order valence-electron chi connectivity index (χ0n) is 31.1. The summed E-state index contributed by atoms with van der Waals surface area (Å²) in [4.78, 5) is 15.9. The lowest BCUT2D eigenvalue weighted by atomic mass is 9.95. The maximum absolute atomic E-state index is 5.45. The van der Waals surface area contributed by atoms with E-state index in [0.29, 0.717) is 0 Å². The van der Waals surface area contributed by atoms with E-state index in [0.717, 1.165) is 74.3 Å². The average Bonchev–Trinajstić information content (AvgIpc) is 3.69. The van der Waals surface area contributed by atoms with Crippen LogP contribution in [0, 0.1) is 0 Å². The van der Waals surface area contributed by atoms with Gasteiger partial charge in [0.05, 0.1) is 11.2 Å². The van der Waals surface area contributed by atoms with Gasteiger partial charge in [0.15, 0.2) is 5.84 Å². The molecule has 1 aliphatic heterocycles. The van der Waals surface area contributed by atoms with E-state index in [1.54, 1.807) is 0 Å². The maximum atomic E-state index is 5.45. The van der Waals surface area contributed by atoms with E-state index in [2.05, 4.69) is 187 Å². The maximum Gasteiger partial charge on any atom is 0.159 e. The van der Waals surface area contributed by atoms with E-state index in [-0.39, 0.29) is 6.17 Å². The quantitative estimate of drug-likeness (QED) is 0.172. The summed E-state index contributed by atoms with van der Waals surface area (Å²) in [7, 11) is 0. The molecule has 1 unspecified atom stereocenters. The number of nitrogens with one attached hydrogen (secondary N) is 1. The third kappa shape index (κ3) is 5.95. The molecule has 2 aromatic heterocycles. The Hall–Kier alpha value is -6.95. The molecule has 0 spiro atoms. The van der Waals surface area contributed by atoms with E-state index < -0.39 is 0 Å². The molecule has 0 fully saturated rings. The minimum Gasteiger partial charge on any atom is -0.344 e. The topological polar surface area (TPSA) is 49.6 Å². The van der Waals surface area contributed by atoms with Crippen LogP contribution in [0.5, 0.6) is 0 Å². The fourth-order valence-electron chi connectivity index (χ4n) is 8.45. The van der Waals surface area contributed by atoms with Crippen LogP contribution in [0.2, 0.25) is 0 Å². The predicted octanol–water partition coefficient (Wildman–Crippen LogP) is 13.3. The van der Waals surface area contributed by atoms with Crippen molar-refractivity contribution >= 4 is 70.4 Å². The Balaban J connectivity index is 1.11. The van der Waals surface area contributed by atoms with E-state index >= 15 is 0 Å². The van der Waals surface area contributed by atoms with Gasteiger partial charge in [0.2, 0.25) is 0 Å². The molecule has 11 rings (SSSR count). The van der Waals surface area contributed by atoms with Crippen LogP contribution in [0.25, 0.3) is 69.8 Å². The number of hydrogen-bond acceptors (Lipinski definition) is 5.